The number of aromatic nitrogens is 2. The summed E-state index contributed by atoms with van der Waals surface area (Å²) in [6.07, 6.45) is 2.41. The molecule has 1 amide bonds. The van der Waals surface area contributed by atoms with Gasteiger partial charge >= 0.3 is 5.97 Å². The van der Waals surface area contributed by atoms with Crippen molar-refractivity contribution >= 4 is 28.3 Å². The zero-order valence-corrected chi connectivity index (χ0v) is 15.2. The number of hydrogen-bond acceptors (Lipinski definition) is 5. The maximum atomic E-state index is 13.0. The smallest absolute Gasteiger partial charge is 0.354 e. The lowest BCUT2D eigenvalue weighted by molar-refractivity contribution is -0.117. The number of anilines is 1. The van der Waals surface area contributed by atoms with Crippen LogP contribution >= 0.6 is 11.3 Å². The van der Waals surface area contributed by atoms with Gasteiger partial charge in [0.05, 0.1) is 12.8 Å². The quantitative estimate of drug-likeness (QED) is 0.654. The van der Waals surface area contributed by atoms with Gasteiger partial charge in [0.25, 0.3) is 0 Å². The summed E-state index contributed by atoms with van der Waals surface area (Å²) in [6, 6.07) is 7.92. The number of carbonyl (C=O) groups is 2. The maximum absolute atomic E-state index is 13.0. The molecule has 1 fully saturated rings. The highest BCUT2D eigenvalue weighted by Gasteiger charge is 2.44. The molecule has 0 spiro atoms. The van der Waals surface area contributed by atoms with E-state index in [1.165, 1.54) is 30.6 Å². The molecule has 6 nitrogen and oxygen atoms in total. The number of esters is 1. The zero-order valence-electron chi connectivity index (χ0n) is 14.4. The Morgan fingerprint density at radius 3 is 2.85 bits per heavy atom. The van der Waals surface area contributed by atoms with Crippen LogP contribution in [0.4, 0.5) is 9.52 Å². The number of nitrogens with one attached hydrogen (secondary N) is 2. The standard InChI is InChI=1S/C19H16FN3O3S/c1-26-18(25)15-6-11(8-21-15)16-9-27-19(22-16)23-17(24)14-7-13(14)10-2-4-12(20)5-3-10/h2-6,8-9,13-14,21H,7H2,1H3,(H,22,23,24). The summed E-state index contributed by atoms with van der Waals surface area (Å²) < 4.78 is 17.7. The first-order valence-electron chi connectivity index (χ1n) is 8.34. The van der Waals surface area contributed by atoms with Crippen LogP contribution in [0.1, 0.15) is 28.4 Å². The number of aromatic amines is 1. The van der Waals surface area contributed by atoms with Crippen molar-refractivity contribution in [1.82, 2.24) is 9.97 Å². The zero-order chi connectivity index (χ0) is 19.0. The van der Waals surface area contributed by atoms with E-state index in [1.54, 1.807) is 24.4 Å². The van der Waals surface area contributed by atoms with Crippen LogP contribution in [-0.2, 0) is 9.53 Å². The Labute approximate surface area is 158 Å². The van der Waals surface area contributed by atoms with Crippen LogP contribution < -0.4 is 5.32 Å². The van der Waals surface area contributed by atoms with Crippen molar-refractivity contribution in [2.75, 3.05) is 12.4 Å². The largest absolute Gasteiger partial charge is 0.464 e. The molecule has 27 heavy (non-hydrogen) atoms. The van der Waals surface area contributed by atoms with Crippen LogP contribution in [0.2, 0.25) is 0 Å². The number of thiazole rings is 1. The number of amides is 1. The number of nitrogens with zero attached hydrogens (tertiary/aromatic N) is 1. The first-order chi connectivity index (χ1) is 13.0. The Bertz CT molecular complexity index is 996. The van der Waals surface area contributed by atoms with E-state index < -0.39 is 5.97 Å². The molecule has 2 unspecified atom stereocenters. The molecule has 1 aromatic carbocycles. The minimum atomic E-state index is -0.453. The van der Waals surface area contributed by atoms with E-state index in [-0.39, 0.29) is 23.6 Å². The summed E-state index contributed by atoms with van der Waals surface area (Å²) in [7, 11) is 1.32. The van der Waals surface area contributed by atoms with Crippen molar-refractivity contribution in [3.63, 3.8) is 0 Å². The van der Waals surface area contributed by atoms with Crippen molar-refractivity contribution in [2.24, 2.45) is 5.92 Å². The fraction of sp³-hybridized carbons (Fsp3) is 0.211. The Hall–Kier alpha value is -3.00. The van der Waals surface area contributed by atoms with Gasteiger partial charge in [0.1, 0.15) is 11.5 Å². The molecule has 0 saturated heterocycles. The van der Waals surface area contributed by atoms with Gasteiger partial charge in [-0.05, 0) is 36.1 Å². The van der Waals surface area contributed by atoms with E-state index in [2.05, 4.69) is 20.0 Å². The molecule has 1 saturated carbocycles. The van der Waals surface area contributed by atoms with Crippen molar-refractivity contribution in [3.05, 3.63) is 59.0 Å². The number of halogens is 1. The first kappa shape index (κ1) is 17.4. The number of carbonyl (C=O) groups excluding carboxylic acids is 2. The van der Waals surface area contributed by atoms with E-state index in [1.807, 2.05) is 5.38 Å². The number of benzene rings is 1. The third kappa shape index (κ3) is 3.61. The monoisotopic (exact) mass is 385 g/mol. The van der Waals surface area contributed by atoms with Gasteiger partial charge in [0.15, 0.2) is 5.13 Å². The highest BCUT2D eigenvalue weighted by molar-refractivity contribution is 7.14. The second-order valence-electron chi connectivity index (χ2n) is 6.32. The molecule has 1 aliphatic carbocycles. The molecule has 2 heterocycles. The Morgan fingerprint density at radius 2 is 2.11 bits per heavy atom. The molecule has 138 valence electrons. The fourth-order valence-electron chi connectivity index (χ4n) is 2.99. The Morgan fingerprint density at radius 1 is 1.33 bits per heavy atom. The molecule has 2 atom stereocenters. The van der Waals surface area contributed by atoms with Gasteiger partial charge in [-0.1, -0.05) is 12.1 Å². The van der Waals surface area contributed by atoms with Gasteiger partial charge in [0.2, 0.25) is 5.91 Å². The van der Waals surface area contributed by atoms with Crippen LogP contribution in [0.25, 0.3) is 11.3 Å². The summed E-state index contributed by atoms with van der Waals surface area (Å²) in [5.74, 6) is -0.825. The summed E-state index contributed by atoms with van der Waals surface area (Å²) in [6.45, 7) is 0. The molecule has 2 aromatic heterocycles. The molecule has 8 heteroatoms. The summed E-state index contributed by atoms with van der Waals surface area (Å²) >= 11 is 1.32. The van der Waals surface area contributed by atoms with Gasteiger partial charge in [-0.3, -0.25) is 4.79 Å². The lowest BCUT2D eigenvalue weighted by atomic mass is 10.1. The number of methoxy groups -OCH3 is 1. The number of ether oxygens (including phenoxy) is 1. The van der Waals surface area contributed by atoms with Gasteiger partial charge in [-0.2, -0.15) is 0 Å². The minimum absolute atomic E-state index is 0.0884. The molecule has 0 aliphatic heterocycles. The summed E-state index contributed by atoms with van der Waals surface area (Å²) in [5.41, 5.74) is 2.71. The Kier molecular flexibility index (Phi) is 4.49. The Balaban J connectivity index is 1.39. The SMILES string of the molecule is COC(=O)c1cc(-c2csc(NC(=O)C3CC3c3ccc(F)cc3)n2)c[nH]1. The van der Waals surface area contributed by atoms with E-state index >= 15 is 0 Å². The number of H-pyrrole nitrogens is 1. The molecule has 1 aliphatic rings. The molecule has 3 aromatic rings. The van der Waals surface area contributed by atoms with E-state index in [0.29, 0.717) is 16.5 Å². The van der Waals surface area contributed by atoms with E-state index in [4.69, 9.17) is 0 Å². The number of hydrogen-bond donors (Lipinski definition) is 2. The van der Waals surface area contributed by atoms with Crippen molar-refractivity contribution in [3.8, 4) is 11.3 Å². The van der Waals surface area contributed by atoms with E-state index in [9.17, 15) is 14.0 Å². The second kappa shape index (κ2) is 6.96. The highest BCUT2D eigenvalue weighted by Crippen LogP contribution is 2.48. The van der Waals surface area contributed by atoms with Crippen LogP contribution in [0.3, 0.4) is 0 Å². The van der Waals surface area contributed by atoms with Gasteiger partial charge in [-0.15, -0.1) is 11.3 Å². The highest BCUT2D eigenvalue weighted by atomic mass is 32.1. The lowest BCUT2D eigenvalue weighted by Crippen LogP contribution is -2.14. The summed E-state index contributed by atoms with van der Waals surface area (Å²) in [4.78, 5) is 31.2. The van der Waals surface area contributed by atoms with Gasteiger partial charge in [-0.25, -0.2) is 14.2 Å². The van der Waals surface area contributed by atoms with Gasteiger partial charge < -0.3 is 15.0 Å². The van der Waals surface area contributed by atoms with Crippen molar-refractivity contribution < 1.29 is 18.7 Å². The van der Waals surface area contributed by atoms with Crippen LogP contribution in [0.15, 0.2) is 41.9 Å². The molecule has 0 bridgehead atoms. The predicted octanol–water partition coefficient (Wildman–Crippen LogP) is 3.81. The summed E-state index contributed by atoms with van der Waals surface area (Å²) in [5, 5.41) is 5.15. The van der Waals surface area contributed by atoms with Crippen LogP contribution in [0.5, 0.6) is 0 Å². The second-order valence-corrected chi connectivity index (χ2v) is 7.18. The average molecular weight is 385 g/mol. The fourth-order valence-corrected chi connectivity index (χ4v) is 3.72. The molecule has 2 N–H and O–H groups in total. The number of rotatable bonds is 5. The van der Waals surface area contributed by atoms with Crippen molar-refractivity contribution in [2.45, 2.75) is 12.3 Å². The maximum Gasteiger partial charge on any atom is 0.354 e. The minimum Gasteiger partial charge on any atom is -0.464 e. The van der Waals surface area contributed by atoms with Crippen molar-refractivity contribution in [1.29, 1.82) is 0 Å². The molecule has 0 radical (unpaired) electrons. The predicted molar refractivity (Wildman–Crippen MR) is 99.1 cm³/mol. The average Bonchev–Trinajstić information content (AvgIpc) is 3.09. The lowest BCUT2D eigenvalue weighted by Gasteiger charge is -2.02. The third-order valence-electron chi connectivity index (χ3n) is 4.54. The topological polar surface area (TPSA) is 84.1 Å². The molecular weight excluding hydrogens is 369 g/mol. The van der Waals surface area contributed by atoms with E-state index in [0.717, 1.165) is 17.5 Å². The molecule has 4 rings (SSSR count). The van der Waals surface area contributed by atoms with Gasteiger partial charge in [0, 0.05) is 23.1 Å². The molecular formula is C19H16FN3O3S. The first-order valence-corrected chi connectivity index (χ1v) is 9.22. The van der Waals surface area contributed by atoms with Crippen LogP contribution in [0, 0.1) is 11.7 Å². The third-order valence-corrected chi connectivity index (χ3v) is 5.30. The normalized spacial score (nSPS) is 18.1. The van der Waals surface area contributed by atoms with Crippen LogP contribution in [-0.4, -0.2) is 29.0 Å².